The van der Waals surface area contributed by atoms with Gasteiger partial charge in [0.1, 0.15) is 47.9 Å². The summed E-state index contributed by atoms with van der Waals surface area (Å²) >= 11 is 0. The molecule has 3 amide bonds. The molecule has 10 nitrogen and oxygen atoms in total. The van der Waals surface area contributed by atoms with Crippen LogP contribution in [0.2, 0.25) is 0 Å². The van der Waals surface area contributed by atoms with Crippen LogP contribution >= 0.6 is 0 Å². The number of piperidine rings is 2. The molecule has 11 heteroatoms. The molecule has 4 unspecified atom stereocenters. The normalized spacial score (nSPS) is 23.5. The van der Waals surface area contributed by atoms with Gasteiger partial charge in [-0.3, -0.25) is 19.7 Å². The van der Waals surface area contributed by atoms with Crippen LogP contribution in [0.3, 0.4) is 0 Å². The zero-order valence-electron chi connectivity index (χ0n) is 24.6. The number of ether oxygens (including phenoxy) is 3. The van der Waals surface area contributed by atoms with Gasteiger partial charge in [-0.05, 0) is 49.2 Å². The molecule has 45 heavy (non-hydrogen) atoms. The Balaban J connectivity index is 0.971. The predicted octanol–water partition coefficient (Wildman–Crippen LogP) is 4.09. The molecule has 3 fully saturated rings. The summed E-state index contributed by atoms with van der Waals surface area (Å²) in [5.74, 6) is 0.237. The van der Waals surface area contributed by atoms with Crippen molar-refractivity contribution in [3.8, 4) is 23.3 Å². The van der Waals surface area contributed by atoms with Crippen molar-refractivity contribution in [2.24, 2.45) is 5.92 Å². The molecule has 4 atom stereocenters. The number of nitriles is 1. The molecule has 3 aromatic rings. The van der Waals surface area contributed by atoms with E-state index in [1.54, 1.807) is 43.5 Å². The number of nitrogens with zero attached hydrogens (tertiary/aromatic N) is 3. The number of methoxy groups -OCH3 is 1. The maximum absolute atomic E-state index is 15.2. The molecule has 2 saturated heterocycles. The Kier molecular flexibility index (Phi) is 7.28. The molecule has 3 heterocycles. The summed E-state index contributed by atoms with van der Waals surface area (Å²) < 4.78 is 32.8. The monoisotopic (exact) mass is 610 g/mol. The van der Waals surface area contributed by atoms with Gasteiger partial charge in [-0.2, -0.15) is 5.26 Å². The van der Waals surface area contributed by atoms with Gasteiger partial charge in [-0.15, -0.1) is 0 Å². The van der Waals surface area contributed by atoms with E-state index in [4.69, 9.17) is 14.2 Å². The van der Waals surface area contributed by atoms with Crippen molar-refractivity contribution < 1.29 is 33.0 Å². The van der Waals surface area contributed by atoms with E-state index in [0.717, 1.165) is 25.1 Å². The van der Waals surface area contributed by atoms with E-state index in [1.165, 1.54) is 11.0 Å². The molecule has 7 rings (SSSR count). The van der Waals surface area contributed by atoms with Gasteiger partial charge in [0.25, 0.3) is 5.91 Å². The molecule has 0 bridgehead atoms. The van der Waals surface area contributed by atoms with E-state index in [9.17, 15) is 19.6 Å². The van der Waals surface area contributed by atoms with Gasteiger partial charge in [0.15, 0.2) is 0 Å². The Morgan fingerprint density at radius 3 is 2.69 bits per heavy atom. The van der Waals surface area contributed by atoms with Crippen LogP contribution in [0, 0.1) is 23.1 Å². The van der Waals surface area contributed by atoms with Gasteiger partial charge in [0.2, 0.25) is 11.8 Å². The van der Waals surface area contributed by atoms with Gasteiger partial charge in [-0.1, -0.05) is 6.07 Å². The van der Waals surface area contributed by atoms with Crippen molar-refractivity contribution in [2.75, 3.05) is 18.6 Å². The number of rotatable bonds is 8. The van der Waals surface area contributed by atoms with Crippen LogP contribution in [-0.4, -0.2) is 54.5 Å². The summed E-state index contributed by atoms with van der Waals surface area (Å²) in [6.07, 6.45) is 2.18. The first-order valence-corrected chi connectivity index (χ1v) is 15.0. The first kappa shape index (κ1) is 28.6. The lowest BCUT2D eigenvalue weighted by Gasteiger charge is -2.33. The predicted molar refractivity (Wildman–Crippen MR) is 159 cm³/mol. The molecule has 3 aromatic carbocycles. The number of hydrogen-bond acceptors (Lipinski definition) is 8. The highest BCUT2D eigenvalue weighted by atomic mass is 19.1. The van der Waals surface area contributed by atoms with Crippen molar-refractivity contribution in [1.82, 2.24) is 10.2 Å². The fourth-order valence-electron chi connectivity index (χ4n) is 6.76. The Labute approximate surface area is 259 Å². The summed E-state index contributed by atoms with van der Waals surface area (Å²) in [6, 6.07) is 17.3. The number of anilines is 1. The zero-order valence-corrected chi connectivity index (χ0v) is 24.6. The first-order chi connectivity index (χ1) is 21.8. The second-order valence-electron chi connectivity index (χ2n) is 11.8. The lowest BCUT2D eigenvalue weighted by Crippen LogP contribution is -2.52. The molecule has 4 aliphatic rings. The van der Waals surface area contributed by atoms with Gasteiger partial charge in [-0.25, -0.2) is 4.39 Å². The Bertz CT molecular complexity index is 1750. The Morgan fingerprint density at radius 2 is 1.91 bits per heavy atom. The van der Waals surface area contributed by atoms with Gasteiger partial charge in [0.05, 0.1) is 19.2 Å². The lowest BCUT2D eigenvalue weighted by molar-refractivity contribution is -0.136. The number of benzene rings is 3. The highest BCUT2D eigenvalue weighted by Gasteiger charge is 2.51. The number of imide groups is 1. The largest absolute Gasteiger partial charge is 0.495 e. The fraction of sp³-hybridized carbons (Fsp3) is 0.353. The van der Waals surface area contributed by atoms with Crippen LogP contribution in [-0.2, 0) is 22.7 Å². The van der Waals surface area contributed by atoms with Gasteiger partial charge >= 0.3 is 0 Å². The topological polar surface area (TPSA) is 121 Å². The van der Waals surface area contributed by atoms with E-state index in [0.29, 0.717) is 51.5 Å². The van der Waals surface area contributed by atoms with E-state index >= 15 is 4.39 Å². The molecule has 0 aromatic heterocycles. The van der Waals surface area contributed by atoms with Crippen molar-refractivity contribution in [1.29, 1.82) is 5.26 Å². The minimum Gasteiger partial charge on any atom is -0.495 e. The summed E-state index contributed by atoms with van der Waals surface area (Å²) in [4.78, 5) is 40.8. The zero-order chi connectivity index (χ0) is 31.2. The maximum atomic E-state index is 15.2. The lowest BCUT2D eigenvalue weighted by atomic mass is 10.0. The Hall–Kier alpha value is -5.11. The fourth-order valence-corrected chi connectivity index (χ4v) is 6.76. The molecule has 1 N–H and O–H groups in total. The highest BCUT2D eigenvalue weighted by Crippen LogP contribution is 2.47. The number of nitrogens with one attached hydrogen (secondary N) is 1. The molecular formula is C34H31FN4O6. The van der Waals surface area contributed by atoms with Crippen LogP contribution in [0.4, 0.5) is 10.1 Å². The molecule has 230 valence electrons. The van der Waals surface area contributed by atoms with Crippen LogP contribution in [0.25, 0.3) is 0 Å². The van der Waals surface area contributed by atoms with Crippen molar-refractivity contribution in [3.05, 3.63) is 82.7 Å². The summed E-state index contributed by atoms with van der Waals surface area (Å²) in [5.41, 5.74) is 2.94. The molecule has 0 spiro atoms. The Morgan fingerprint density at radius 1 is 1.04 bits per heavy atom. The maximum Gasteiger partial charge on any atom is 0.255 e. The summed E-state index contributed by atoms with van der Waals surface area (Å²) in [7, 11) is 1.56. The van der Waals surface area contributed by atoms with E-state index in [1.807, 2.05) is 12.1 Å². The minimum absolute atomic E-state index is 0.0233. The standard InChI is InChI=1S/C34H31FN4O6/c1-43-31-13-21(7-5-19(31)16-36)38-12-11-30(24-15-28(24)38)45-22-8-6-20(26(35)14-22)18-44-29-4-2-3-23-25(29)17-39(34(23)42)27-9-10-32(40)37-33(27)41/h2-8,13-14,24,27-28,30H,9-12,15,17-18H2,1H3,(H,37,40,41). The highest BCUT2D eigenvalue weighted by molar-refractivity contribution is 6.05. The third-order valence-corrected chi connectivity index (χ3v) is 9.21. The SMILES string of the molecule is COc1cc(N2CCC(Oc3ccc(COc4cccc5c4CN(C4CCC(=O)NC4=O)C5=O)c(F)c3)C3CC32)ccc1C#N. The number of hydrogen-bond donors (Lipinski definition) is 1. The quantitative estimate of drug-likeness (QED) is 0.379. The number of carbonyl (C=O) groups excluding carboxylic acids is 3. The summed E-state index contributed by atoms with van der Waals surface area (Å²) in [5, 5.41) is 11.6. The molecular weight excluding hydrogens is 579 g/mol. The number of halogens is 1. The second-order valence-corrected chi connectivity index (χ2v) is 11.8. The minimum atomic E-state index is -0.724. The van der Waals surface area contributed by atoms with Crippen LogP contribution in [0.5, 0.6) is 17.2 Å². The summed E-state index contributed by atoms with van der Waals surface area (Å²) in [6.45, 7) is 0.901. The van der Waals surface area contributed by atoms with Crippen molar-refractivity contribution >= 4 is 23.4 Å². The van der Waals surface area contributed by atoms with E-state index in [2.05, 4.69) is 16.3 Å². The van der Waals surface area contributed by atoms with E-state index in [-0.39, 0.29) is 43.9 Å². The molecule has 0 radical (unpaired) electrons. The van der Waals surface area contributed by atoms with Gasteiger partial charge < -0.3 is 24.0 Å². The van der Waals surface area contributed by atoms with Crippen molar-refractivity contribution in [2.45, 2.75) is 57.0 Å². The first-order valence-electron chi connectivity index (χ1n) is 15.0. The van der Waals surface area contributed by atoms with E-state index < -0.39 is 17.8 Å². The third-order valence-electron chi connectivity index (χ3n) is 9.21. The number of carbonyl (C=O) groups is 3. The number of fused-ring (bicyclic) bond motifs is 2. The van der Waals surface area contributed by atoms with Crippen molar-refractivity contribution in [3.63, 3.8) is 0 Å². The molecule has 1 aliphatic carbocycles. The second kappa shape index (κ2) is 11.4. The van der Waals surface area contributed by atoms with Crippen LogP contribution < -0.4 is 24.4 Å². The smallest absolute Gasteiger partial charge is 0.255 e. The average molecular weight is 611 g/mol. The third kappa shape index (κ3) is 5.30. The average Bonchev–Trinajstić information content (AvgIpc) is 3.78. The molecule has 3 aliphatic heterocycles. The number of amides is 3. The van der Waals surface area contributed by atoms with Crippen LogP contribution in [0.1, 0.15) is 52.7 Å². The van der Waals surface area contributed by atoms with Crippen LogP contribution in [0.15, 0.2) is 54.6 Å². The van der Waals surface area contributed by atoms with Gasteiger partial charge in [0, 0.05) is 65.9 Å². The molecule has 1 saturated carbocycles.